The summed E-state index contributed by atoms with van der Waals surface area (Å²) < 4.78 is 15.6. The Hall–Kier alpha value is -3.51. The molecule has 1 saturated carbocycles. The number of anilines is 1. The SMILES string of the molecule is CCCCC(C(N)=O)n1c(-c2cccc(F)c2)nc2c(N)nc(C#CC3(O)CCCCC3)nc21. The zero-order chi connectivity index (χ0) is 24.3. The van der Waals surface area contributed by atoms with E-state index in [1.165, 1.54) is 12.1 Å². The highest BCUT2D eigenvalue weighted by atomic mass is 19.1. The van der Waals surface area contributed by atoms with Gasteiger partial charge in [0.1, 0.15) is 23.3 Å². The summed E-state index contributed by atoms with van der Waals surface area (Å²) >= 11 is 0. The number of carbonyl (C=O) groups is 1. The highest BCUT2D eigenvalue weighted by molar-refractivity contribution is 5.89. The Balaban J connectivity index is 1.90. The number of rotatable bonds is 6. The van der Waals surface area contributed by atoms with E-state index >= 15 is 0 Å². The lowest BCUT2D eigenvalue weighted by atomic mass is 9.85. The van der Waals surface area contributed by atoms with Crippen molar-refractivity contribution in [1.29, 1.82) is 0 Å². The van der Waals surface area contributed by atoms with Crippen LogP contribution in [0.4, 0.5) is 10.2 Å². The molecule has 0 bridgehead atoms. The van der Waals surface area contributed by atoms with Gasteiger partial charge in [-0.05, 0) is 50.2 Å². The van der Waals surface area contributed by atoms with E-state index in [1.807, 2.05) is 6.92 Å². The number of aromatic nitrogens is 4. The maximum Gasteiger partial charge on any atom is 0.240 e. The normalized spacial score (nSPS) is 16.1. The average Bonchev–Trinajstić information content (AvgIpc) is 3.18. The Kier molecular flexibility index (Phi) is 6.80. The second kappa shape index (κ2) is 9.77. The lowest BCUT2D eigenvalue weighted by Crippen LogP contribution is -2.29. The maximum absolute atomic E-state index is 14.0. The van der Waals surface area contributed by atoms with Crippen LogP contribution in [0.3, 0.4) is 0 Å². The summed E-state index contributed by atoms with van der Waals surface area (Å²) in [6.07, 6.45) is 6.16. The van der Waals surface area contributed by atoms with E-state index in [0.717, 1.165) is 32.1 Å². The first kappa shape index (κ1) is 23.6. The molecule has 8 nitrogen and oxygen atoms in total. The summed E-state index contributed by atoms with van der Waals surface area (Å²) in [5, 5.41) is 10.7. The van der Waals surface area contributed by atoms with E-state index in [2.05, 4.69) is 26.8 Å². The zero-order valence-corrected chi connectivity index (χ0v) is 19.2. The van der Waals surface area contributed by atoms with Crippen LogP contribution >= 0.6 is 0 Å². The standard InChI is InChI=1S/C25H29FN6O2/c1-2-3-10-18(22(28)33)32-23(16-8-7-9-17(26)15-16)31-20-21(27)29-19(30-24(20)32)11-14-25(34)12-5-4-6-13-25/h7-9,15,18,34H,2-6,10,12-13H2,1H3,(H2,28,33)(H2,27,29,30). The third-order valence-corrected chi connectivity index (χ3v) is 6.21. The Morgan fingerprint density at radius 3 is 2.71 bits per heavy atom. The summed E-state index contributed by atoms with van der Waals surface area (Å²) in [7, 11) is 0. The minimum absolute atomic E-state index is 0.0834. The third-order valence-electron chi connectivity index (χ3n) is 6.21. The molecule has 2 heterocycles. The molecule has 1 amide bonds. The van der Waals surface area contributed by atoms with Gasteiger partial charge in [0.25, 0.3) is 0 Å². The molecule has 0 spiro atoms. The van der Waals surface area contributed by atoms with Crippen molar-refractivity contribution in [1.82, 2.24) is 19.5 Å². The van der Waals surface area contributed by atoms with Crippen LogP contribution in [0.5, 0.6) is 0 Å². The smallest absolute Gasteiger partial charge is 0.240 e. The van der Waals surface area contributed by atoms with Gasteiger partial charge in [-0.3, -0.25) is 9.36 Å². The van der Waals surface area contributed by atoms with Gasteiger partial charge in [0, 0.05) is 5.56 Å². The number of nitrogens with zero attached hydrogens (tertiary/aromatic N) is 4. The van der Waals surface area contributed by atoms with Crippen LogP contribution in [0.25, 0.3) is 22.6 Å². The van der Waals surface area contributed by atoms with Crippen LogP contribution in [0.2, 0.25) is 0 Å². The van der Waals surface area contributed by atoms with Gasteiger partial charge in [0.2, 0.25) is 11.7 Å². The van der Waals surface area contributed by atoms with Crippen molar-refractivity contribution in [3.63, 3.8) is 0 Å². The van der Waals surface area contributed by atoms with Crippen LogP contribution in [-0.2, 0) is 4.79 Å². The van der Waals surface area contributed by atoms with Crippen LogP contribution < -0.4 is 11.5 Å². The molecule has 1 aliphatic carbocycles. The molecule has 9 heteroatoms. The second-order valence-electron chi connectivity index (χ2n) is 8.82. The monoisotopic (exact) mass is 464 g/mol. The summed E-state index contributed by atoms with van der Waals surface area (Å²) in [6.45, 7) is 2.02. The number of nitrogens with two attached hydrogens (primary N) is 2. The van der Waals surface area contributed by atoms with Gasteiger partial charge in [-0.25, -0.2) is 19.3 Å². The van der Waals surface area contributed by atoms with Crippen LogP contribution in [0, 0.1) is 17.7 Å². The number of primary amides is 1. The molecule has 0 radical (unpaired) electrons. The molecule has 1 aliphatic rings. The number of fused-ring (bicyclic) bond motifs is 1. The fourth-order valence-electron chi connectivity index (χ4n) is 4.41. The van der Waals surface area contributed by atoms with Gasteiger partial charge >= 0.3 is 0 Å². The van der Waals surface area contributed by atoms with Gasteiger partial charge in [-0.2, -0.15) is 0 Å². The number of hydrogen-bond acceptors (Lipinski definition) is 6. The number of nitrogen functional groups attached to an aromatic ring is 1. The van der Waals surface area contributed by atoms with Gasteiger partial charge in [0.15, 0.2) is 17.0 Å². The van der Waals surface area contributed by atoms with E-state index in [-0.39, 0.29) is 17.2 Å². The number of unbranched alkanes of at least 4 members (excludes halogenated alkanes) is 1. The first-order valence-corrected chi connectivity index (χ1v) is 11.7. The molecular weight excluding hydrogens is 435 g/mol. The van der Waals surface area contributed by atoms with Crippen LogP contribution in [0.15, 0.2) is 24.3 Å². The van der Waals surface area contributed by atoms with Crippen molar-refractivity contribution in [2.75, 3.05) is 5.73 Å². The van der Waals surface area contributed by atoms with Crippen molar-refractivity contribution >= 4 is 22.9 Å². The lowest BCUT2D eigenvalue weighted by molar-refractivity contribution is -0.121. The fourth-order valence-corrected chi connectivity index (χ4v) is 4.41. The number of imidazole rings is 1. The predicted molar refractivity (Wildman–Crippen MR) is 128 cm³/mol. The maximum atomic E-state index is 14.0. The minimum atomic E-state index is -1.07. The molecule has 1 atom stereocenters. The third kappa shape index (κ3) is 4.87. The number of halogens is 1. The average molecular weight is 465 g/mol. The largest absolute Gasteiger partial charge is 0.382 e. The number of benzene rings is 1. The summed E-state index contributed by atoms with van der Waals surface area (Å²) in [5.74, 6) is 5.32. The van der Waals surface area contributed by atoms with Crippen molar-refractivity contribution < 1.29 is 14.3 Å². The molecule has 5 N–H and O–H groups in total. The highest BCUT2D eigenvalue weighted by Gasteiger charge is 2.28. The summed E-state index contributed by atoms with van der Waals surface area (Å²) in [6, 6.07) is 5.16. The van der Waals surface area contributed by atoms with E-state index in [1.54, 1.807) is 16.7 Å². The Morgan fingerprint density at radius 2 is 2.03 bits per heavy atom. The molecule has 1 unspecified atom stereocenters. The summed E-state index contributed by atoms with van der Waals surface area (Å²) in [4.78, 5) is 25.9. The molecule has 34 heavy (non-hydrogen) atoms. The van der Waals surface area contributed by atoms with Crippen LogP contribution in [0.1, 0.15) is 70.2 Å². The van der Waals surface area contributed by atoms with Gasteiger partial charge in [0.05, 0.1) is 0 Å². The fraction of sp³-hybridized carbons (Fsp3) is 0.440. The first-order valence-electron chi connectivity index (χ1n) is 11.7. The van der Waals surface area contributed by atoms with Crippen molar-refractivity contribution in [2.45, 2.75) is 69.9 Å². The molecule has 0 saturated heterocycles. The van der Waals surface area contributed by atoms with Gasteiger partial charge in [-0.15, -0.1) is 0 Å². The number of carbonyl (C=O) groups excluding carboxylic acids is 1. The van der Waals surface area contributed by atoms with Gasteiger partial charge < -0.3 is 16.6 Å². The number of hydrogen-bond donors (Lipinski definition) is 3. The van der Waals surface area contributed by atoms with Crippen LogP contribution in [-0.4, -0.2) is 36.1 Å². The molecule has 3 aromatic rings. The first-order chi connectivity index (χ1) is 16.3. The van der Waals surface area contributed by atoms with Gasteiger partial charge in [-0.1, -0.05) is 44.2 Å². The van der Waals surface area contributed by atoms with Crippen molar-refractivity contribution in [3.05, 3.63) is 35.9 Å². The molecule has 2 aromatic heterocycles. The molecule has 0 aliphatic heterocycles. The number of amides is 1. The quantitative estimate of drug-likeness (QED) is 0.478. The summed E-state index contributed by atoms with van der Waals surface area (Å²) in [5.41, 5.74) is 12.0. The van der Waals surface area contributed by atoms with Crippen molar-refractivity contribution in [3.8, 4) is 23.2 Å². The Morgan fingerprint density at radius 1 is 1.26 bits per heavy atom. The van der Waals surface area contributed by atoms with E-state index < -0.39 is 23.4 Å². The van der Waals surface area contributed by atoms with E-state index in [9.17, 15) is 14.3 Å². The molecule has 1 aromatic carbocycles. The molecule has 4 rings (SSSR count). The van der Waals surface area contributed by atoms with E-state index in [4.69, 9.17) is 11.5 Å². The number of aliphatic hydroxyl groups is 1. The highest BCUT2D eigenvalue weighted by Crippen LogP contribution is 2.32. The predicted octanol–water partition coefficient (Wildman–Crippen LogP) is 3.48. The topological polar surface area (TPSA) is 133 Å². The zero-order valence-electron chi connectivity index (χ0n) is 19.2. The molecular formula is C25H29FN6O2. The van der Waals surface area contributed by atoms with Crippen molar-refractivity contribution in [2.24, 2.45) is 5.73 Å². The molecule has 1 fully saturated rings. The Labute approximate surface area is 197 Å². The minimum Gasteiger partial charge on any atom is -0.382 e. The Bertz CT molecular complexity index is 1270. The second-order valence-corrected chi connectivity index (χ2v) is 8.82. The lowest BCUT2D eigenvalue weighted by Gasteiger charge is -2.26. The molecule has 178 valence electrons. The van der Waals surface area contributed by atoms with E-state index in [0.29, 0.717) is 36.3 Å².